The summed E-state index contributed by atoms with van der Waals surface area (Å²) in [6, 6.07) is 18.6. The van der Waals surface area contributed by atoms with Gasteiger partial charge in [0.25, 0.3) is 5.91 Å². The van der Waals surface area contributed by atoms with E-state index in [-0.39, 0.29) is 5.91 Å². The van der Waals surface area contributed by atoms with Crippen LogP contribution in [0.2, 0.25) is 0 Å². The molecule has 0 radical (unpaired) electrons. The molecule has 3 aromatic rings. The number of rotatable bonds is 5. The van der Waals surface area contributed by atoms with Crippen molar-refractivity contribution in [3.8, 4) is 5.75 Å². The van der Waals surface area contributed by atoms with Crippen molar-refractivity contribution < 1.29 is 9.53 Å². The van der Waals surface area contributed by atoms with Crippen LogP contribution in [0.4, 0.5) is 17.2 Å². The maximum absolute atomic E-state index is 12.6. The number of benzene rings is 2. The highest BCUT2D eigenvalue weighted by molar-refractivity contribution is 6.07. The summed E-state index contributed by atoms with van der Waals surface area (Å²) in [6.45, 7) is 2.00. The van der Waals surface area contributed by atoms with E-state index in [2.05, 4.69) is 15.6 Å². The fraction of sp³-hybridized carbons (Fsp3) is 0.100. The lowest BCUT2D eigenvalue weighted by molar-refractivity contribution is 0.102. The molecule has 0 atom stereocenters. The molecule has 1 aromatic heterocycles. The molecule has 0 bridgehead atoms. The minimum absolute atomic E-state index is 0.215. The largest absolute Gasteiger partial charge is 0.497 e. The molecule has 0 aliphatic heterocycles. The third kappa shape index (κ3) is 4.14. The maximum Gasteiger partial charge on any atom is 0.259 e. The van der Waals surface area contributed by atoms with Crippen LogP contribution in [0.5, 0.6) is 5.75 Å². The number of nitrogens with one attached hydrogen (secondary N) is 2. The molecule has 3 rings (SSSR count). The van der Waals surface area contributed by atoms with E-state index < -0.39 is 0 Å². The highest BCUT2D eigenvalue weighted by atomic mass is 16.5. The fourth-order valence-corrected chi connectivity index (χ4v) is 2.33. The number of ether oxygens (including phenoxy) is 1. The second-order valence-corrected chi connectivity index (χ2v) is 5.57. The summed E-state index contributed by atoms with van der Waals surface area (Å²) in [4.78, 5) is 16.9. The molecule has 5 nitrogen and oxygen atoms in total. The molecule has 1 heterocycles. The zero-order valence-corrected chi connectivity index (χ0v) is 14.1. The monoisotopic (exact) mass is 333 g/mol. The van der Waals surface area contributed by atoms with Crippen LogP contribution in [-0.2, 0) is 0 Å². The second kappa shape index (κ2) is 7.49. The van der Waals surface area contributed by atoms with Gasteiger partial charge in [0.2, 0.25) is 0 Å². The molecule has 0 unspecified atom stereocenters. The lowest BCUT2D eigenvalue weighted by Gasteiger charge is -2.12. The van der Waals surface area contributed by atoms with Gasteiger partial charge in [0.05, 0.1) is 12.7 Å². The first-order valence-corrected chi connectivity index (χ1v) is 7.90. The number of amides is 1. The van der Waals surface area contributed by atoms with Crippen LogP contribution in [0.1, 0.15) is 15.9 Å². The summed E-state index contributed by atoms with van der Waals surface area (Å²) in [5.41, 5.74) is 3.18. The van der Waals surface area contributed by atoms with Crippen molar-refractivity contribution in [1.29, 1.82) is 0 Å². The van der Waals surface area contributed by atoms with Gasteiger partial charge in [0.15, 0.2) is 0 Å². The summed E-state index contributed by atoms with van der Waals surface area (Å²) in [7, 11) is 1.62. The first kappa shape index (κ1) is 16.5. The predicted molar refractivity (Wildman–Crippen MR) is 99.6 cm³/mol. The summed E-state index contributed by atoms with van der Waals surface area (Å²) in [5, 5.41) is 6.06. The average molecular weight is 333 g/mol. The Balaban J connectivity index is 1.79. The molecule has 0 aliphatic rings. The normalized spacial score (nSPS) is 10.2. The first-order chi connectivity index (χ1) is 12.2. The molecular weight excluding hydrogens is 314 g/mol. The third-order valence-corrected chi connectivity index (χ3v) is 3.71. The molecule has 0 fully saturated rings. The first-order valence-electron chi connectivity index (χ1n) is 7.90. The number of hydrogen-bond donors (Lipinski definition) is 2. The van der Waals surface area contributed by atoms with Crippen molar-refractivity contribution in [2.45, 2.75) is 6.92 Å². The predicted octanol–water partition coefficient (Wildman–Crippen LogP) is 4.39. The number of nitrogens with zero attached hydrogens (tertiary/aromatic N) is 1. The van der Waals surface area contributed by atoms with E-state index in [0.29, 0.717) is 11.4 Å². The minimum Gasteiger partial charge on any atom is -0.497 e. The molecule has 0 spiro atoms. The average Bonchev–Trinajstić information content (AvgIpc) is 2.64. The molecule has 2 N–H and O–H groups in total. The Labute approximate surface area is 146 Å². The van der Waals surface area contributed by atoms with Crippen LogP contribution >= 0.6 is 0 Å². The number of aryl methyl sites for hydroxylation is 1. The standard InChI is InChI=1S/C20H19N3O2/c1-14-5-7-16(8-6-14)23-20(24)18-4-3-13-21-19(18)22-15-9-11-17(25-2)12-10-15/h3-13H,1-2H3,(H,21,22)(H,23,24). The van der Waals surface area contributed by atoms with E-state index in [1.807, 2.05) is 55.5 Å². The number of pyridine rings is 1. The molecule has 0 saturated heterocycles. The van der Waals surface area contributed by atoms with Crippen molar-refractivity contribution in [3.63, 3.8) is 0 Å². The van der Waals surface area contributed by atoms with Gasteiger partial charge >= 0.3 is 0 Å². The van der Waals surface area contributed by atoms with Crippen LogP contribution in [0.15, 0.2) is 66.9 Å². The fourth-order valence-electron chi connectivity index (χ4n) is 2.33. The van der Waals surface area contributed by atoms with E-state index in [9.17, 15) is 4.79 Å². The van der Waals surface area contributed by atoms with Crippen molar-refractivity contribution >= 4 is 23.1 Å². The Morgan fingerprint density at radius 1 is 0.960 bits per heavy atom. The van der Waals surface area contributed by atoms with Gasteiger partial charge in [-0.3, -0.25) is 4.79 Å². The second-order valence-electron chi connectivity index (χ2n) is 5.57. The van der Waals surface area contributed by atoms with Crippen LogP contribution in [0.3, 0.4) is 0 Å². The number of hydrogen-bond acceptors (Lipinski definition) is 4. The van der Waals surface area contributed by atoms with Gasteiger partial charge in [0.1, 0.15) is 11.6 Å². The van der Waals surface area contributed by atoms with E-state index in [4.69, 9.17) is 4.74 Å². The van der Waals surface area contributed by atoms with E-state index in [1.54, 1.807) is 25.4 Å². The Morgan fingerprint density at radius 3 is 2.32 bits per heavy atom. The van der Waals surface area contributed by atoms with Crippen LogP contribution in [0, 0.1) is 6.92 Å². The maximum atomic E-state index is 12.6. The number of anilines is 3. The van der Waals surface area contributed by atoms with Gasteiger partial charge in [-0.05, 0) is 55.5 Å². The number of methoxy groups -OCH3 is 1. The molecular formula is C20H19N3O2. The van der Waals surface area contributed by atoms with E-state index >= 15 is 0 Å². The Bertz CT molecular complexity index is 859. The van der Waals surface area contributed by atoms with Gasteiger partial charge in [-0.25, -0.2) is 4.98 Å². The zero-order chi connectivity index (χ0) is 17.6. The molecule has 126 valence electrons. The Hall–Kier alpha value is -3.34. The SMILES string of the molecule is COc1ccc(Nc2ncccc2C(=O)Nc2ccc(C)cc2)cc1. The van der Waals surface area contributed by atoms with Crippen LogP contribution < -0.4 is 15.4 Å². The van der Waals surface area contributed by atoms with Crippen LogP contribution in [0.25, 0.3) is 0 Å². The summed E-state index contributed by atoms with van der Waals surface area (Å²) in [5.74, 6) is 1.05. The van der Waals surface area contributed by atoms with Gasteiger partial charge in [-0.1, -0.05) is 17.7 Å². The highest BCUT2D eigenvalue weighted by Gasteiger charge is 2.13. The molecule has 25 heavy (non-hydrogen) atoms. The quantitative estimate of drug-likeness (QED) is 0.727. The van der Waals surface area contributed by atoms with Crippen molar-refractivity contribution in [2.75, 3.05) is 17.7 Å². The topological polar surface area (TPSA) is 63.2 Å². The Kier molecular flexibility index (Phi) is 4.95. The van der Waals surface area contributed by atoms with Crippen molar-refractivity contribution in [1.82, 2.24) is 4.98 Å². The number of aromatic nitrogens is 1. The summed E-state index contributed by atoms with van der Waals surface area (Å²) < 4.78 is 5.15. The third-order valence-electron chi connectivity index (χ3n) is 3.71. The van der Waals surface area contributed by atoms with Crippen LogP contribution in [-0.4, -0.2) is 18.0 Å². The van der Waals surface area contributed by atoms with E-state index in [1.165, 1.54) is 0 Å². The summed E-state index contributed by atoms with van der Waals surface area (Å²) in [6.07, 6.45) is 1.65. The molecule has 2 aromatic carbocycles. The lowest BCUT2D eigenvalue weighted by Crippen LogP contribution is -2.14. The van der Waals surface area contributed by atoms with Gasteiger partial charge in [0, 0.05) is 17.6 Å². The smallest absolute Gasteiger partial charge is 0.259 e. The van der Waals surface area contributed by atoms with Crippen molar-refractivity contribution in [3.05, 3.63) is 78.0 Å². The highest BCUT2D eigenvalue weighted by Crippen LogP contribution is 2.22. The number of carbonyl (C=O) groups excluding carboxylic acids is 1. The molecule has 5 heteroatoms. The molecule has 1 amide bonds. The molecule has 0 saturated carbocycles. The van der Waals surface area contributed by atoms with Crippen molar-refractivity contribution in [2.24, 2.45) is 0 Å². The van der Waals surface area contributed by atoms with Gasteiger partial charge in [-0.15, -0.1) is 0 Å². The van der Waals surface area contributed by atoms with E-state index in [0.717, 1.165) is 22.7 Å². The molecule has 0 aliphatic carbocycles. The zero-order valence-electron chi connectivity index (χ0n) is 14.1. The number of carbonyl (C=O) groups is 1. The summed E-state index contributed by atoms with van der Waals surface area (Å²) >= 11 is 0. The Morgan fingerprint density at radius 2 is 1.64 bits per heavy atom. The van der Waals surface area contributed by atoms with Gasteiger partial charge < -0.3 is 15.4 Å². The van der Waals surface area contributed by atoms with Gasteiger partial charge in [-0.2, -0.15) is 0 Å². The minimum atomic E-state index is -0.215. The lowest BCUT2D eigenvalue weighted by atomic mass is 10.2.